The molecule has 0 aliphatic heterocycles. The van der Waals surface area contributed by atoms with Crippen molar-refractivity contribution in [2.75, 3.05) is 0 Å². The Kier molecular flexibility index (Phi) is 3.18. The zero-order chi connectivity index (χ0) is 15.1. The van der Waals surface area contributed by atoms with Gasteiger partial charge in [-0.05, 0) is 48.9 Å². The van der Waals surface area contributed by atoms with E-state index in [1.807, 2.05) is 36.7 Å². The van der Waals surface area contributed by atoms with Crippen molar-refractivity contribution < 1.29 is 9.90 Å². The van der Waals surface area contributed by atoms with E-state index in [9.17, 15) is 4.79 Å². The molecule has 1 heterocycles. The molecule has 1 N–H and O–H groups in total. The molecule has 3 rings (SSSR count). The lowest BCUT2D eigenvalue weighted by Crippen LogP contribution is -1.96. The Morgan fingerprint density at radius 1 is 1.24 bits per heavy atom. The molecule has 4 nitrogen and oxygen atoms in total. The summed E-state index contributed by atoms with van der Waals surface area (Å²) in [5, 5.41) is 9.75. The van der Waals surface area contributed by atoms with Crippen molar-refractivity contribution in [2.45, 2.75) is 6.92 Å². The van der Waals surface area contributed by atoms with Crippen LogP contribution in [0, 0.1) is 6.92 Å². The Hall–Kier alpha value is -2.33. The summed E-state index contributed by atoms with van der Waals surface area (Å²) >= 11 is 5.99. The minimum Gasteiger partial charge on any atom is -0.478 e. The van der Waals surface area contributed by atoms with Gasteiger partial charge < -0.3 is 9.67 Å². The Morgan fingerprint density at radius 2 is 2.00 bits per heavy atom. The van der Waals surface area contributed by atoms with Gasteiger partial charge in [0.15, 0.2) is 0 Å². The summed E-state index contributed by atoms with van der Waals surface area (Å²) in [4.78, 5) is 15.6. The quantitative estimate of drug-likeness (QED) is 0.781. The van der Waals surface area contributed by atoms with Gasteiger partial charge in [0.2, 0.25) is 0 Å². The predicted molar refractivity (Wildman–Crippen MR) is 82.9 cm³/mol. The van der Waals surface area contributed by atoms with Crippen LogP contribution in [0.3, 0.4) is 0 Å². The minimum absolute atomic E-state index is 0.236. The van der Waals surface area contributed by atoms with Crippen LogP contribution in [0.5, 0.6) is 0 Å². The molecule has 0 aliphatic rings. The smallest absolute Gasteiger partial charge is 0.335 e. The molecule has 0 bridgehead atoms. The van der Waals surface area contributed by atoms with Gasteiger partial charge >= 0.3 is 5.97 Å². The third kappa shape index (κ3) is 2.28. The number of halogens is 1. The molecule has 3 aromatic rings. The van der Waals surface area contributed by atoms with E-state index in [2.05, 4.69) is 4.98 Å². The molecule has 0 radical (unpaired) electrons. The van der Waals surface area contributed by atoms with E-state index >= 15 is 0 Å². The van der Waals surface area contributed by atoms with Crippen LogP contribution in [0.2, 0.25) is 5.02 Å². The first kappa shape index (κ1) is 13.6. The third-order valence-electron chi connectivity index (χ3n) is 3.56. The number of aryl methyl sites for hydroxylation is 2. The highest BCUT2D eigenvalue weighted by atomic mass is 35.5. The van der Waals surface area contributed by atoms with E-state index in [-0.39, 0.29) is 5.56 Å². The fraction of sp³-hybridized carbons (Fsp3) is 0.125. The molecule has 0 fully saturated rings. The summed E-state index contributed by atoms with van der Waals surface area (Å²) in [6.07, 6.45) is 0. The second kappa shape index (κ2) is 4.90. The molecule has 5 heteroatoms. The van der Waals surface area contributed by atoms with Crippen LogP contribution in [0.25, 0.3) is 22.4 Å². The van der Waals surface area contributed by atoms with Crippen molar-refractivity contribution in [3.05, 3.63) is 52.5 Å². The normalized spacial score (nSPS) is 11.0. The van der Waals surface area contributed by atoms with Crippen molar-refractivity contribution in [1.82, 2.24) is 9.55 Å². The van der Waals surface area contributed by atoms with E-state index in [1.54, 1.807) is 18.2 Å². The lowest BCUT2D eigenvalue weighted by Gasteiger charge is -2.06. The van der Waals surface area contributed by atoms with Gasteiger partial charge in [0.25, 0.3) is 0 Å². The Morgan fingerprint density at radius 3 is 2.67 bits per heavy atom. The standard InChI is InChI=1S/C16H13ClN2O2/c1-9-7-11(17)4-5-12(9)15-18-13-8-10(16(20)21)3-6-14(13)19(15)2/h3-8H,1-2H3,(H,20,21). The first-order valence-corrected chi connectivity index (χ1v) is 6.81. The summed E-state index contributed by atoms with van der Waals surface area (Å²) in [5.41, 5.74) is 3.81. The molecule has 0 atom stereocenters. The van der Waals surface area contributed by atoms with E-state index < -0.39 is 5.97 Å². The topological polar surface area (TPSA) is 55.1 Å². The number of nitrogens with zero attached hydrogens (tertiary/aromatic N) is 2. The molecular weight excluding hydrogens is 288 g/mol. The monoisotopic (exact) mass is 300 g/mol. The van der Waals surface area contributed by atoms with Gasteiger partial charge in [-0.2, -0.15) is 0 Å². The molecule has 0 amide bonds. The molecule has 1 aromatic heterocycles. The highest BCUT2D eigenvalue weighted by Gasteiger charge is 2.13. The molecule has 2 aromatic carbocycles. The number of fused-ring (bicyclic) bond motifs is 1. The highest BCUT2D eigenvalue weighted by Crippen LogP contribution is 2.28. The minimum atomic E-state index is -0.952. The number of benzene rings is 2. The molecular formula is C16H13ClN2O2. The SMILES string of the molecule is Cc1cc(Cl)ccc1-c1nc2cc(C(=O)O)ccc2n1C. The Labute approximate surface area is 126 Å². The van der Waals surface area contributed by atoms with Crippen LogP contribution in [-0.4, -0.2) is 20.6 Å². The van der Waals surface area contributed by atoms with Crippen LogP contribution in [0.4, 0.5) is 0 Å². The summed E-state index contributed by atoms with van der Waals surface area (Å²) < 4.78 is 1.96. The van der Waals surface area contributed by atoms with Gasteiger partial charge in [-0.3, -0.25) is 0 Å². The van der Waals surface area contributed by atoms with E-state index in [0.717, 1.165) is 22.5 Å². The number of carboxylic acid groups (broad SMARTS) is 1. The number of carboxylic acids is 1. The molecule has 0 spiro atoms. The predicted octanol–water partition coefficient (Wildman–Crippen LogP) is 3.90. The fourth-order valence-electron chi connectivity index (χ4n) is 2.45. The maximum Gasteiger partial charge on any atom is 0.335 e. The van der Waals surface area contributed by atoms with Crippen LogP contribution >= 0.6 is 11.6 Å². The number of hydrogen-bond acceptors (Lipinski definition) is 2. The van der Waals surface area contributed by atoms with Gasteiger partial charge in [0.1, 0.15) is 5.82 Å². The first-order valence-electron chi connectivity index (χ1n) is 6.43. The van der Waals surface area contributed by atoms with Crippen molar-refractivity contribution in [3.63, 3.8) is 0 Å². The largest absolute Gasteiger partial charge is 0.478 e. The second-order valence-electron chi connectivity index (χ2n) is 4.96. The van der Waals surface area contributed by atoms with Crippen molar-refractivity contribution in [1.29, 1.82) is 0 Å². The van der Waals surface area contributed by atoms with Gasteiger partial charge in [0.05, 0.1) is 16.6 Å². The number of aromatic nitrogens is 2. The van der Waals surface area contributed by atoms with Crippen molar-refractivity contribution in [3.8, 4) is 11.4 Å². The highest BCUT2D eigenvalue weighted by molar-refractivity contribution is 6.30. The first-order chi connectivity index (χ1) is 9.97. The number of imidazole rings is 1. The van der Waals surface area contributed by atoms with Crippen molar-refractivity contribution in [2.24, 2.45) is 7.05 Å². The molecule has 0 aliphatic carbocycles. The average Bonchev–Trinajstić information content (AvgIpc) is 2.75. The maximum atomic E-state index is 11.0. The molecule has 0 unspecified atom stereocenters. The molecule has 0 saturated heterocycles. The van der Waals surface area contributed by atoms with Crippen LogP contribution < -0.4 is 0 Å². The van der Waals surface area contributed by atoms with Gasteiger partial charge in [-0.25, -0.2) is 9.78 Å². The number of hydrogen-bond donors (Lipinski definition) is 1. The third-order valence-corrected chi connectivity index (χ3v) is 3.79. The van der Waals surface area contributed by atoms with E-state index in [1.165, 1.54) is 0 Å². The van der Waals surface area contributed by atoms with Crippen molar-refractivity contribution >= 4 is 28.6 Å². The molecule has 21 heavy (non-hydrogen) atoms. The van der Waals surface area contributed by atoms with Gasteiger partial charge in [-0.15, -0.1) is 0 Å². The summed E-state index contributed by atoms with van der Waals surface area (Å²) in [5.74, 6) is -0.159. The number of aromatic carboxylic acids is 1. The second-order valence-corrected chi connectivity index (χ2v) is 5.40. The number of rotatable bonds is 2. The number of carbonyl (C=O) groups is 1. The summed E-state index contributed by atoms with van der Waals surface area (Å²) in [6.45, 7) is 1.98. The van der Waals surface area contributed by atoms with E-state index in [0.29, 0.717) is 10.5 Å². The Bertz CT molecular complexity index is 868. The maximum absolute atomic E-state index is 11.0. The lowest BCUT2D eigenvalue weighted by molar-refractivity contribution is 0.0697. The fourth-order valence-corrected chi connectivity index (χ4v) is 2.68. The molecule has 0 saturated carbocycles. The lowest BCUT2D eigenvalue weighted by atomic mass is 10.1. The Balaban J connectivity index is 2.23. The van der Waals surface area contributed by atoms with Crippen LogP contribution in [-0.2, 0) is 7.05 Å². The zero-order valence-electron chi connectivity index (χ0n) is 11.6. The zero-order valence-corrected chi connectivity index (χ0v) is 12.3. The summed E-state index contributed by atoms with van der Waals surface area (Å²) in [7, 11) is 1.92. The van der Waals surface area contributed by atoms with Crippen LogP contribution in [0.1, 0.15) is 15.9 Å². The molecule has 106 valence electrons. The van der Waals surface area contributed by atoms with Gasteiger partial charge in [-0.1, -0.05) is 11.6 Å². The van der Waals surface area contributed by atoms with Crippen LogP contribution in [0.15, 0.2) is 36.4 Å². The van der Waals surface area contributed by atoms with Gasteiger partial charge in [0, 0.05) is 17.6 Å². The van der Waals surface area contributed by atoms with E-state index in [4.69, 9.17) is 16.7 Å². The average molecular weight is 301 g/mol. The summed E-state index contributed by atoms with van der Waals surface area (Å²) in [6, 6.07) is 10.6.